The number of pyridine rings is 1. The molecule has 17 aromatic carbocycles. The molecule has 0 atom stereocenters. The van der Waals surface area contributed by atoms with E-state index in [0.29, 0.717) is 34.9 Å². The highest BCUT2D eigenvalue weighted by molar-refractivity contribution is 8.00. The van der Waals surface area contributed by atoms with Gasteiger partial charge in [-0.1, -0.05) is 363 Å². The summed E-state index contributed by atoms with van der Waals surface area (Å²) in [4.78, 5) is 43.0. The minimum atomic E-state index is -0.604. The first-order valence-electron chi connectivity index (χ1n) is 39.3. The predicted octanol–water partition coefficient (Wildman–Crippen LogP) is 26.7. The highest BCUT2D eigenvalue weighted by Gasteiger charge is 2.52. The van der Waals surface area contributed by atoms with Crippen molar-refractivity contribution in [2.75, 3.05) is 0 Å². The van der Waals surface area contributed by atoms with Crippen molar-refractivity contribution in [3.05, 3.63) is 427 Å². The minimum Gasteiger partial charge on any atom is -0.256 e. The Bertz CT molecular complexity index is 7420. The van der Waals surface area contributed by atoms with Crippen LogP contribution >= 0.6 is 23.5 Å². The van der Waals surface area contributed by atoms with Gasteiger partial charge in [0, 0.05) is 70.1 Å². The maximum absolute atomic E-state index is 5.72. The quantitative estimate of drug-likeness (QED) is 0.131. The minimum absolute atomic E-state index is 0.556. The zero-order valence-corrected chi connectivity index (χ0v) is 64.0. The van der Waals surface area contributed by atoms with Gasteiger partial charge in [-0.25, -0.2) is 29.9 Å². The van der Waals surface area contributed by atoms with Crippen LogP contribution in [0, 0.1) is 0 Å². The van der Waals surface area contributed by atoms with Crippen LogP contribution in [0.5, 0.6) is 0 Å². The summed E-state index contributed by atoms with van der Waals surface area (Å²) in [5, 5.41) is 8.46. The lowest BCUT2D eigenvalue weighted by molar-refractivity contribution is 0.722. The van der Waals surface area contributed by atoms with Gasteiger partial charge in [-0.3, -0.25) is 4.98 Å². The van der Waals surface area contributed by atoms with Gasteiger partial charge < -0.3 is 0 Å². The van der Waals surface area contributed by atoms with Crippen LogP contribution in [0.25, 0.3) is 167 Å². The van der Waals surface area contributed by atoms with E-state index in [9.17, 15) is 0 Å². The lowest BCUT2D eigenvalue weighted by Gasteiger charge is -2.40. The van der Waals surface area contributed by atoms with Gasteiger partial charge in [0.2, 0.25) is 0 Å². The molecule has 538 valence electrons. The Balaban J connectivity index is 0.643. The lowest BCUT2D eigenvalue weighted by atomic mass is 9.67. The Morgan fingerprint density at radius 2 is 0.543 bits per heavy atom. The van der Waals surface area contributed by atoms with E-state index >= 15 is 0 Å². The first kappa shape index (κ1) is 66.3. The molecule has 2 aliphatic carbocycles. The van der Waals surface area contributed by atoms with E-state index in [1.165, 1.54) is 109 Å². The molecular formula is C107H63N7S2. The van der Waals surface area contributed by atoms with Crippen LogP contribution in [0.2, 0.25) is 0 Å². The Morgan fingerprint density at radius 1 is 0.190 bits per heavy atom. The Morgan fingerprint density at radius 3 is 1.05 bits per heavy atom. The largest absolute Gasteiger partial charge is 0.256 e. The van der Waals surface area contributed by atoms with E-state index in [0.717, 1.165) is 87.5 Å². The second kappa shape index (κ2) is 26.1. The zero-order valence-electron chi connectivity index (χ0n) is 62.3. The summed E-state index contributed by atoms with van der Waals surface area (Å²) in [5.74, 6) is 3.49. The molecule has 0 amide bonds. The highest BCUT2D eigenvalue weighted by atomic mass is 32.2. The van der Waals surface area contributed by atoms with Gasteiger partial charge in [0.05, 0.1) is 16.3 Å². The molecule has 116 heavy (non-hydrogen) atoms. The Kier molecular flexibility index (Phi) is 14.9. The van der Waals surface area contributed by atoms with Crippen LogP contribution in [0.4, 0.5) is 0 Å². The molecule has 7 nitrogen and oxygen atoms in total. The van der Waals surface area contributed by atoms with Crippen molar-refractivity contribution in [2.45, 2.75) is 30.4 Å². The van der Waals surface area contributed by atoms with E-state index in [1.807, 2.05) is 30.5 Å². The molecule has 20 aromatic rings. The molecule has 4 aliphatic rings. The van der Waals surface area contributed by atoms with Gasteiger partial charge in [-0.05, 0) is 163 Å². The summed E-state index contributed by atoms with van der Waals surface area (Å²) >= 11 is 3.60. The number of aromatic nitrogens is 7. The van der Waals surface area contributed by atoms with Crippen LogP contribution in [-0.4, -0.2) is 34.9 Å². The summed E-state index contributed by atoms with van der Waals surface area (Å²) in [5.41, 5.74) is 26.3. The van der Waals surface area contributed by atoms with Crippen molar-refractivity contribution in [3.63, 3.8) is 0 Å². The van der Waals surface area contributed by atoms with Gasteiger partial charge in [0.1, 0.15) is 0 Å². The third kappa shape index (κ3) is 9.92. The number of nitrogens with zero attached hydrogens (tertiary/aromatic N) is 7. The molecule has 0 unspecified atom stereocenters. The molecular weight excluding hydrogens is 1450 g/mol. The summed E-state index contributed by atoms with van der Waals surface area (Å²) < 4.78 is 0. The zero-order chi connectivity index (χ0) is 76.2. The second-order valence-corrected chi connectivity index (χ2v) is 32.5. The van der Waals surface area contributed by atoms with Gasteiger partial charge in [0.15, 0.2) is 34.9 Å². The maximum atomic E-state index is 5.72. The molecule has 0 fully saturated rings. The molecule has 2 aliphatic heterocycles. The van der Waals surface area contributed by atoms with Gasteiger partial charge in [-0.2, -0.15) is 0 Å². The smallest absolute Gasteiger partial charge is 0.165 e. The van der Waals surface area contributed by atoms with Crippen molar-refractivity contribution in [1.82, 2.24) is 34.9 Å². The van der Waals surface area contributed by atoms with Crippen molar-refractivity contribution >= 4 is 66.7 Å². The number of rotatable bonds is 9. The fourth-order valence-corrected chi connectivity index (χ4v) is 22.0. The summed E-state index contributed by atoms with van der Waals surface area (Å²) in [6.07, 6.45) is 1.88. The van der Waals surface area contributed by atoms with Crippen molar-refractivity contribution in [1.29, 1.82) is 0 Å². The Hall–Kier alpha value is -14.4. The van der Waals surface area contributed by atoms with E-state index in [-0.39, 0.29) is 0 Å². The molecule has 0 N–H and O–H groups in total. The summed E-state index contributed by atoms with van der Waals surface area (Å²) in [6.45, 7) is 0. The average Bonchev–Trinajstić information content (AvgIpc) is 1.49. The SMILES string of the molecule is c1ccc(-c2nc(-c3ccc(-c4cc(-c5ccccc5-c5nc(-c6ccc(-c7ccc8c9ccccc9c9ccccc9c8c7)cc6)nc(-c6cccc7c6Sc6ccccc6C76c7ccccc7-c7ccccc76)n5)cc5cccnc45)cc3)nc(-c3cccc4c3Sc3ccccc3C43c4ccccc4-c4ccccc43)n2)cc1. The summed E-state index contributed by atoms with van der Waals surface area (Å²) in [6, 6.07) is 136. The molecule has 0 bridgehead atoms. The number of benzene rings is 17. The molecule has 0 saturated heterocycles. The lowest BCUT2D eigenvalue weighted by Crippen LogP contribution is -2.32. The average molecular weight is 1510 g/mol. The molecule has 0 radical (unpaired) electrons. The monoisotopic (exact) mass is 1510 g/mol. The third-order valence-electron chi connectivity index (χ3n) is 24.4. The molecule has 5 heterocycles. The first-order chi connectivity index (χ1) is 57.5. The van der Waals surface area contributed by atoms with Crippen LogP contribution in [0.1, 0.15) is 44.5 Å². The van der Waals surface area contributed by atoms with Gasteiger partial charge >= 0.3 is 0 Å². The van der Waals surface area contributed by atoms with E-state index in [4.69, 9.17) is 34.9 Å². The van der Waals surface area contributed by atoms with E-state index < -0.39 is 10.8 Å². The fourth-order valence-electron chi connectivity index (χ4n) is 19.4. The molecule has 0 saturated carbocycles. The summed E-state index contributed by atoms with van der Waals surface area (Å²) in [7, 11) is 0. The third-order valence-corrected chi connectivity index (χ3v) is 26.8. The standard InChI is InChI=1S/C107H63N7S2/c1-2-25-66(26-3-1)100-109-101(112-104(111-100)83-38-22-46-93-98(83)115-95-48-20-18-44-91(95)106(93)87-40-14-10-33-78(87)79-34-11-15-41-88(79)106)68-56-52-65(53-57-68)85-63-71(61-70-27-24-60-108-97(70)85)72-28-4-9-37-82(72)103-110-102(67-54-50-64(51-55-67)69-58-59-77-75-31-6-5-29-73(75)74-30-7-8-32-76(74)86(77)62-69)113-105(114-103)84-39-23-47-94-99(84)116-96-49-21-19-45-92(96)107(94)89-42-16-12-35-80(89)81-36-13-17-43-90(81)107/h1-63H. The molecule has 3 aromatic heterocycles. The van der Waals surface area contributed by atoms with Gasteiger partial charge in [0.25, 0.3) is 0 Å². The second-order valence-electron chi connectivity index (χ2n) is 30.4. The fraction of sp³-hybridized carbons (Fsp3) is 0.0187. The molecule has 2 spiro atoms. The van der Waals surface area contributed by atoms with Crippen LogP contribution < -0.4 is 0 Å². The van der Waals surface area contributed by atoms with Crippen molar-refractivity contribution in [3.8, 4) is 124 Å². The van der Waals surface area contributed by atoms with Gasteiger partial charge in [-0.15, -0.1) is 0 Å². The van der Waals surface area contributed by atoms with Crippen LogP contribution in [0.3, 0.4) is 0 Å². The topological polar surface area (TPSA) is 90.2 Å². The van der Waals surface area contributed by atoms with E-state index in [2.05, 4.69) is 352 Å². The van der Waals surface area contributed by atoms with Crippen LogP contribution in [0.15, 0.2) is 402 Å². The molecule has 24 rings (SSSR count). The normalized spacial score (nSPS) is 13.4. The number of hydrogen-bond acceptors (Lipinski definition) is 9. The predicted molar refractivity (Wildman–Crippen MR) is 473 cm³/mol. The van der Waals surface area contributed by atoms with Crippen molar-refractivity contribution < 1.29 is 0 Å². The maximum Gasteiger partial charge on any atom is 0.165 e. The first-order valence-corrected chi connectivity index (χ1v) is 41.0. The number of hydrogen-bond donors (Lipinski definition) is 0. The van der Waals surface area contributed by atoms with Crippen molar-refractivity contribution in [2.24, 2.45) is 0 Å². The molecule has 9 heteroatoms. The Labute approximate surface area is 678 Å². The van der Waals surface area contributed by atoms with E-state index in [1.54, 1.807) is 23.5 Å². The highest BCUT2D eigenvalue weighted by Crippen LogP contribution is 2.65. The van der Waals surface area contributed by atoms with Crippen LogP contribution in [-0.2, 0) is 10.8 Å². The number of fused-ring (bicyclic) bond motifs is 25.